The Morgan fingerprint density at radius 2 is 2.33 bits per heavy atom. The van der Waals surface area contributed by atoms with Crippen molar-refractivity contribution in [1.29, 1.82) is 0 Å². The van der Waals surface area contributed by atoms with E-state index in [0.717, 1.165) is 13.0 Å². The summed E-state index contributed by atoms with van der Waals surface area (Å²) in [5.41, 5.74) is 0.790. The number of nitro benzene ring substituents is 1. The molecule has 0 bridgehead atoms. The molecule has 0 N–H and O–H groups in total. The highest BCUT2D eigenvalue weighted by Crippen LogP contribution is 2.35. The van der Waals surface area contributed by atoms with Crippen LogP contribution in [0.3, 0.4) is 0 Å². The maximum absolute atomic E-state index is 11.2. The molecule has 1 saturated heterocycles. The predicted molar refractivity (Wildman–Crippen MR) is 73.0 cm³/mol. The van der Waals surface area contributed by atoms with Crippen molar-refractivity contribution in [2.24, 2.45) is 0 Å². The summed E-state index contributed by atoms with van der Waals surface area (Å²) in [6.45, 7) is 4.15. The Bertz CT molecular complexity index is 453. The fourth-order valence-corrected chi connectivity index (χ4v) is 2.65. The van der Waals surface area contributed by atoms with Crippen molar-refractivity contribution >= 4 is 27.3 Å². The number of anilines is 1. The summed E-state index contributed by atoms with van der Waals surface area (Å²) in [6, 6.07) is 5.31. The number of halogens is 1. The second-order valence-corrected chi connectivity index (χ2v) is 5.20. The first-order valence-electron chi connectivity index (χ1n) is 5.89. The quantitative estimate of drug-likeness (QED) is 0.622. The molecule has 1 aliphatic heterocycles. The van der Waals surface area contributed by atoms with Crippen LogP contribution in [0, 0.1) is 10.1 Å². The summed E-state index contributed by atoms with van der Waals surface area (Å²) in [4.78, 5) is 12.9. The number of nitrogens with zero attached hydrogens (tertiary/aromatic N) is 2. The lowest BCUT2D eigenvalue weighted by Gasteiger charge is -2.24. The molecular formula is C12H15BrN2O3. The average molecular weight is 315 g/mol. The third-order valence-corrected chi connectivity index (χ3v) is 3.58. The van der Waals surface area contributed by atoms with Crippen LogP contribution in [-0.4, -0.2) is 30.7 Å². The number of hydrogen-bond acceptors (Lipinski definition) is 4. The molecule has 1 heterocycles. The molecule has 1 aromatic rings. The van der Waals surface area contributed by atoms with Crippen molar-refractivity contribution in [2.75, 3.05) is 24.6 Å². The van der Waals surface area contributed by atoms with Gasteiger partial charge in [-0.15, -0.1) is 0 Å². The highest BCUT2D eigenvalue weighted by Gasteiger charge is 2.25. The van der Waals surface area contributed by atoms with E-state index >= 15 is 0 Å². The zero-order valence-corrected chi connectivity index (χ0v) is 11.7. The van der Waals surface area contributed by atoms with Gasteiger partial charge in [-0.3, -0.25) is 10.1 Å². The lowest BCUT2D eigenvalue weighted by molar-refractivity contribution is -0.384. The largest absolute Gasteiger partial charge is 0.377 e. The normalized spacial score (nSPS) is 20.6. The topological polar surface area (TPSA) is 55.6 Å². The standard InChI is InChI=1S/C12H15BrN2O3/c1-9-8-14(6-3-7-18-9)11-5-2-4-10(13)12(11)15(16)17/h2,4-5,9H,3,6-8H2,1H3. The van der Waals surface area contributed by atoms with Crippen molar-refractivity contribution in [2.45, 2.75) is 19.4 Å². The van der Waals surface area contributed by atoms with Crippen LogP contribution in [0.4, 0.5) is 11.4 Å². The lowest BCUT2D eigenvalue weighted by atomic mass is 10.2. The van der Waals surface area contributed by atoms with Crippen LogP contribution in [0.25, 0.3) is 0 Å². The van der Waals surface area contributed by atoms with Crippen molar-refractivity contribution in [3.05, 3.63) is 32.8 Å². The Hall–Kier alpha value is -1.14. The van der Waals surface area contributed by atoms with Crippen LogP contribution in [0.5, 0.6) is 0 Å². The van der Waals surface area contributed by atoms with E-state index in [9.17, 15) is 10.1 Å². The zero-order valence-electron chi connectivity index (χ0n) is 10.1. The summed E-state index contributed by atoms with van der Waals surface area (Å²) < 4.78 is 6.08. The Morgan fingerprint density at radius 3 is 3.06 bits per heavy atom. The number of ether oxygens (including phenoxy) is 1. The third-order valence-electron chi connectivity index (χ3n) is 2.94. The first kappa shape index (κ1) is 13.3. The minimum absolute atomic E-state index is 0.0890. The molecular weight excluding hydrogens is 300 g/mol. The van der Waals surface area contributed by atoms with E-state index in [-0.39, 0.29) is 16.7 Å². The van der Waals surface area contributed by atoms with Gasteiger partial charge < -0.3 is 9.64 Å². The molecule has 0 saturated carbocycles. The molecule has 98 valence electrons. The molecule has 1 atom stereocenters. The summed E-state index contributed by atoms with van der Waals surface area (Å²) >= 11 is 3.25. The van der Waals surface area contributed by atoms with Crippen molar-refractivity contribution in [3.8, 4) is 0 Å². The summed E-state index contributed by atoms with van der Waals surface area (Å²) in [7, 11) is 0. The number of benzene rings is 1. The molecule has 0 aliphatic carbocycles. The van der Waals surface area contributed by atoms with Gasteiger partial charge in [-0.1, -0.05) is 6.07 Å². The maximum atomic E-state index is 11.2. The number of rotatable bonds is 2. The van der Waals surface area contributed by atoms with E-state index in [1.165, 1.54) is 0 Å². The molecule has 0 amide bonds. The minimum Gasteiger partial charge on any atom is -0.377 e. The van der Waals surface area contributed by atoms with E-state index in [2.05, 4.69) is 15.9 Å². The highest BCUT2D eigenvalue weighted by molar-refractivity contribution is 9.10. The van der Waals surface area contributed by atoms with Gasteiger partial charge in [0.15, 0.2) is 0 Å². The molecule has 0 spiro atoms. The first-order valence-corrected chi connectivity index (χ1v) is 6.68. The van der Waals surface area contributed by atoms with Crippen molar-refractivity contribution in [3.63, 3.8) is 0 Å². The number of para-hydroxylation sites is 1. The lowest BCUT2D eigenvalue weighted by Crippen LogP contribution is -2.30. The fourth-order valence-electron chi connectivity index (χ4n) is 2.15. The second kappa shape index (κ2) is 5.67. The van der Waals surface area contributed by atoms with E-state index in [1.54, 1.807) is 12.1 Å². The van der Waals surface area contributed by atoms with Gasteiger partial charge in [0, 0.05) is 19.7 Å². The van der Waals surface area contributed by atoms with Crippen molar-refractivity contribution < 1.29 is 9.66 Å². The van der Waals surface area contributed by atoms with Gasteiger partial charge in [0.05, 0.1) is 15.5 Å². The summed E-state index contributed by atoms with van der Waals surface area (Å²) in [5.74, 6) is 0. The number of hydrogen-bond donors (Lipinski definition) is 0. The van der Waals surface area contributed by atoms with Crippen molar-refractivity contribution in [1.82, 2.24) is 0 Å². The molecule has 1 unspecified atom stereocenters. The van der Waals surface area contributed by atoms with Crippen LogP contribution in [0.2, 0.25) is 0 Å². The van der Waals surface area contributed by atoms with Gasteiger partial charge in [-0.25, -0.2) is 0 Å². The van der Waals surface area contributed by atoms with Gasteiger partial charge in [0.1, 0.15) is 5.69 Å². The summed E-state index contributed by atoms with van der Waals surface area (Å²) in [5, 5.41) is 11.2. The average Bonchev–Trinajstić information content (AvgIpc) is 2.53. The molecule has 18 heavy (non-hydrogen) atoms. The molecule has 0 radical (unpaired) electrons. The Labute approximate surface area is 114 Å². The minimum atomic E-state index is -0.337. The molecule has 1 fully saturated rings. The SMILES string of the molecule is CC1CN(c2cccc(Br)c2[N+](=O)[O-])CCCO1. The predicted octanol–water partition coefficient (Wildman–Crippen LogP) is 2.97. The van der Waals surface area contributed by atoms with Crippen LogP contribution >= 0.6 is 15.9 Å². The summed E-state index contributed by atoms with van der Waals surface area (Å²) in [6.07, 6.45) is 0.972. The molecule has 6 heteroatoms. The smallest absolute Gasteiger partial charge is 0.306 e. The second-order valence-electron chi connectivity index (χ2n) is 4.35. The van der Waals surface area contributed by atoms with Crippen LogP contribution < -0.4 is 4.90 Å². The molecule has 5 nitrogen and oxygen atoms in total. The Kier molecular flexibility index (Phi) is 4.19. The van der Waals surface area contributed by atoms with Crippen LogP contribution in [0.1, 0.15) is 13.3 Å². The van der Waals surface area contributed by atoms with Gasteiger partial charge in [0.25, 0.3) is 0 Å². The fraction of sp³-hybridized carbons (Fsp3) is 0.500. The van der Waals surface area contributed by atoms with Crippen LogP contribution in [-0.2, 0) is 4.74 Å². The third kappa shape index (κ3) is 2.81. The van der Waals surface area contributed by atoms with Gasteiger partial charge in [0.2, 0.25) is 0 Å². The molecule has 1 aliphatic rings. The van der Waals surface area contributed by atoms with Gasteiger partial charge >= 0.3 is 5.69 Å². The Morgan fingerprint density at radius 1 is 1.56 bits per heavy atom. The van der Waals surface area contributed by atoms with Gasteiger partial charge in [-0.05, 0) is 41.4 Å². The first-order chi connectivity index (χ1) is 8.59. The molecule has 0 aromatic heterocycles. The van der Waals surface area contributed by atoms with E-state index in [4.69, 9.17) is 4.74 Å². The highest BCUT2D eigenvalue weighted by atomic mass is 79.9. The van der Waals surface area contributed by atoms with Gasteiger partial charge in [-0.2, -0.15) is 0 Å². The number of nitro groups is 1. The van der Waals surface area contributed by atoms with E-state index in [0.29, 0.717) is 23.3 Å². The maximum Gasteiger partial charge on any atom is 0.306 e. The van der Waals surface area contributed by atoms with E-state index < -0.39 is 0 Å². The Balaban J connectivity index is 2.37. The molecule has 2 rings (SSSR count). The monoisotopic (exact) mass is 314 g/mol. The zero-order chi connectivity index (χ0) is 13.1. The van der Waals surface area contributed by atoms with E-state index in [1.807, 2.05) is 17.9 Å². The van der Waals surface area contributed by atoms with Crippen LogP contribution in [0.15, 0.2) is 22.7 Å². The molecule has 1 aromatic carbocycles.